The van der Waals surface area contributed by atoms with Crippen LogP contribution in [-0.2, 0) is 4.79 Å². The van der Waals surface area contributed by atoms with Gasteiger partial charge in [0.05, 0.1) is 0 Å². The molecular formula is C16H23BrN2OS. The minimum Gasteiger partial charge on any atom is -0.368 e. The number of carbonyl (C=O) groups is 1. The first-order valence-corrected chi connectivity index (χ1v) is 9.30. The van der Waals surface area contributed by atoms with Crippen molar-refractivity contribution in [2.24, 2.45) is 11.7 Å². The molecule has 3 N–H and O–H groups in total. The van der Waals surface area contributed by atoms with E-state index in [4.69, 9.17) is 5.73 Å². The van der Waals surface area contributed by atoms with Gasteiger partial charge in [0, 0.05) is 9.37 Å². The van der Waals surface area contributed by atoms with Crippen molar-refractivity contribution in [1.29, 1.82) is 0 Å². The van der Waals surface area contributed by atoms with Crippen LogP contribution in [0.15, 0.2) is 33.6 Å². The summed E-state index contributed by atoms with van der Waals surface area (Å²) in [6, 6.07) is 8.25. The number of halogens is 1. The van der Waals surface area contributed by atoms with Gasteiger partial charge in [-0.25, -0.2) is 0 Å². The number of likely N-dealkylation sites (N-methyl/N-ethyl adjacent to an activating group) is 1. The van der Waals surface area contributed by atoms with Gasteiger partial charge in [-0.05, 0) is 65.5 Å². The average Bonchev–Trinajstić information content (AvgIpc) is 2.86. The van der Waals surface area contributed by atoms with Crippen LogP contribution >= 0.6 is 27.7 Å². The van der Waals surface area contributed by atoms with Gasteiger partial charge in [0.1, 0.15) is 5.54 Å². The summed E-state index contributed by atoms with van der Waals surface area (Å²) in [5.74, 6) is 1.18. The van der Waals surface area contributed by atoms with Crippen LogP contribution in [0.2, 0.25) is 0 Å². The molecule has 0 heterocycles. The smallest absolute Gasteiger partial charge is 0.238 e. The van der Waals surface area contributed by atoms with Gasteiger partial charge in [-0.2, -0.15) is 0 Å². The number of rotatable bonds is 7. The molecule has 0 spiro atoms. The minimum absolute atomic E-state index is 0.183. The standard InChI is InChI=1S/C16H23BrN2OS/c1-2-19-16(15(18)20)10-5-6-12(16)9-11-21-14-8-4-3-7-13(14)17/h3-4,7-8,12,19H,2,5-6,9-11H2,1H3,(H2,18,20). The van der Waals surface area contributed by atoms with Crippen LogP contribution in [0.5, 0.6) is 0 Å². The molecule has 1 aliphatic carbocycles. The summed E-state index contributed by atoms with van der Waals surface area (Å²) < 4.78 is 1.13. The van der Waals surface area contributed by atoms with Crippen LogP contribution in [0.1, 0.15) is 32.6 Å². The number of hydrogen-bond acceptors (Lipinski definition) is 3. The van der Waals surface area contributed by atoms with Crippen molar-refractivity contribution in [3.05, 3.63) is 28.7 Å². The van der Waals surface area contributed by atoms with Crippen molar-refractivity contribution in [2.75, 3.05) is 12.3 Å². The van der Waals surface area contributed by atoms with Crippen molar-refractivity contribution >= 4 is 33.6 Å². The lowest BCUT2D eigenvalue weighted by atomic mass is 9.84. The Kier molecular flexibility index (Phi) is 6.14. The van der Waals surface area contributed by atoms with E-state index in [2.05, 4.69) is 39.4 Å². The summed E-state index contributed by atoms with van der Waals surface area (Å²) in [5, 5.41) is 3.37. The average molecular weight is 371 g/mol. The Hall–Kier alpha value is -0.520. The molecule has 2 atom stereocenters. The first kappa shape index (κ1) is 16.8. The number of amides is 1. The van der Waals surface area contributed by atoms with E-state index >= 15 is 0 Å². The molecule has 0 radical (unpaired) electrons. The number of nitrogens with one attached hydrogen (secondary N) is 1. The summed E-state index contributed by atoms with van der Waals surface area (Å²) in [5.41, 5.74) is 5.22. The lowest BCUT2D eigenvalue weighted by Gasteiger charge is -2.33. The highest BCUT2D eigenvalue weighted by molar-refractivity contribution is 9.10. The molecule has 2 rings (SSSR count). The monoisotopic (exact) mass is 370 g/mol. The molecule has 0 aliphatic heterocycles. The Morgan fingerprint density at radius 1 is 1.52 bits per heavy atom. The summed E-state index contributed by atoms with van der Waals surface area (Å²) in [7, 11) is 0. The van der Waals surface area contributed by atoms with Crippen molar-refractivity contribution in [1.82, 2.24) is 5.32 Å². The fourth-order valence-electron chi connectivity index (χ4n) is 3.30. The lowest BCUT2D eigenvalue weighted by Crippen LogP contribution is -2.57. The highest BCUT2D eigenvalue weighted by atomic mass is 79.9. The Labute approximate surface area is 139 Å². The normalized spacial score (nSPS) is 25.1. The molecule has 1 amide bonds. The molecule has 1 aromatic rings. The predicted octanol–water partition coefficient (Wildman–Crippen LogP) is 3.57. The largest absolute Gasteiger partial charge is 0.368 e. The molecular weight excluding hydrogens is 348 g/mol. The predicted molar refractivity (Wildman–Crippen MR) is 92.4 cm³/mol. The number of primary amides is 1. The van der Waals surface area contributed by atoms with E-state index in [-0.39, 0.29) is 5.91 Å². The van der Waals surface area contributed by atoms with Gasteiger partial charge in [-0.15, -0.1) is 11.8 Å². The third kappa shape index (κ3) is 3.82. The van der Waals surface area contributed by atoms with Crippen LogP contribution in [0.4, 0.5) is 0 Å². The van der Waals surface area contributed by atoms with Crippen molar-refractivity contribution in [3.8, 4) is 0 Å². The van der Waals surface area contributed by atoms with E-state index in [1.54, 1.807) is 0 Å². The van der Waals surface area contributed by atoms with Gasteiger partial charge in [0.2, 0.25) is 5.91 Å². The Morgan fingerprint density at radius 2 is 2.29 bits per heavy atom. The van der Waals surface area contributed by atoms with Gasteiger partial charge >= 0.3 is 0 Å². The van der Waals surface area contributed by atoms with Crippen molar-refractivity contribution in [3.63, 3.8) is 0 Å². The molecule has 1 saturated carbocycles. The lowest BCUT2D eigenvalue weighted by molar-refractivity contribution is -0.125. The molecule has 1 aliphatic rings. The van der Waals surface area contributed by atoms with E-state index in [1.807, 2.05) is 24.8 Å². The summed E-state index contributed by atoms with van der Waals surface area (Å²) in [4.78, 5) is 13.2. The molecule has 3 nitrogen and oxygen atoms in total. The summed E-state index contributed by atoms with van der Waals surface area (Å²) in [6.45, 7) is 2.83. The van der Waals surface area contributed by atoms with Gasteiger partial charge in [-0.3, -0.25) is 4.79 Å². The molecule has 0 bridgehead atoms. The maximum Gasteiger partial charge on any atom is 0.238 e. The van der Waals surface area contributed by atoms with E-state index < -0.39 is 5.54 Å². The van der Waals surface area contributed by atoms with Crippen LogP contribution in [-0.4, -0.2) is 23.7 Å². The zero-order valence-corrected chi connectivity index (χ0v) is 14.8. The van der Waals surface area contributed by atoms with E-state index in [0.29, 0.717) is 5.92 Å². The number of benzene rings is 1. The summed E-state index contributed by atoms with van der Waals surface area (Å²) >= 11 is 5.41. The number of nitrogens with two attached hydrogens (primary N) is 1. The van der Waals surface area contributed by atoms with E-state index in [0.717, 1.165) is 42.5 Å². The minimum atomic E-state index is -0.483. The Morgan fingerprint density at radius 3 is 2.95 bits per heavy atom. The second kappa shape index (κ2) is 7.65. The molecule has 0 saturated heterocycles. The molecule has 1 fully saturated rings. The van der Waals surface area contributed by atoms with Gasteiger partial charge < -0.3 is 11.1 Å². The Bertz CT molecular complexity index is 497. The molecule has 21 heavy (non-hydrogen) atoms. The second-order valence-electron chi connectivity index (χ2n) is 5.52. The molecule has 1 aromatic carbocycles. The first-order chi connectivity index (χ1) is 10.1. The van der Waals surface area contributed by atoms with Gasteiger partial charge in [0.25, 0.3) is 0 Å². The highest BCUT2D eigenvalue weighted by Gasteiger charge is 2.46. The van der Waals surface area contributed by atoms with Crippen LogP contribution in [0, 0.1) is 5.92 Å². The maximum atomic E-state index is 12.0. The van der Waals surface area contributed by atoms with E-state index in [1.165, 1.54) is 4.90 Å². The SMILES string of the molecule is CCNC1(C(N)=O)CCCC1CCSc1ccccc1Br. The van der Waals surface area contributed by atoms with Gasteiger partial charge in [-0.1, -0.05) is 25.5 Å². The maximum absolute atomic E-state index is 12.0. The topological polar surface area (TPSA) is 55.1 Å². The van der Waals surface area contributed by atoms with Crippen LogP contribution < -0.4 is 11.1 Å². The van der Waals surface area contributed by atoms with Crippen LogP contribution in [0.3, 0.4) is 0 Å². The molecule has 0 aromatic heterocycles. The Balaban J connectivity index is 1.95. The molecule has 116 valence electrons. The van der Waals surface area contributed by atoms with Gasteiger partial charge in [0.15, 0.2) is 0 Å². The molecule has 2 unspecified atom stereocenters. The zero-order chi connectivity index (χ0) is 15.3. The fraction of sp³-hybridized carbons (Fsp3) is 0.562. The fourth-order valence-corrected chi connectivity index (χ4v) is 4.93. The van der Waals surface area contributed by atoms with Crippen LogP contribution in [0.25, 0.3) is 0 Å². The summed E-state index contributed by atoms with van der Waals surface area (Å²) in [6.07, 6.45) is 4.06. The second-order valence-corrected chi connectivity index (χ2v) is 7.51. The van der Waals surface area contributed by atoms with Crippen molar-refractivity contribution < 1.29 is 4.79 Å². The zero-order valence-electron chi connectivity index (χ0n) is 12.4. The third-order valence-corrected chi connectivity index (χ3v) is 6.37. The number of carbonyl (C=O) groups excluding carboxylic acids is 1. The third-order valence-electron chi connectivity index (χ3n) is 4.31. The molecule has 5 heteroatoms. The number of thioether (sulfide) groups is 1. The number of hydrogen-bond donors (Lipinski definition) is 2. The highest BCUT2D eigenvalue weighted by Crippen LogP contribution is 2.39. The van der Waals surface area contributed by atoms with E-state index in [9.17, 15) is 4.79 Å². The van der Waals surface area contributed by atoms with Crippen molar-refractivity contribution in [2.45, 2.75) is 43.0 Å². The quantitative estimate of drug-likeness (QED) is 0.721. The first-order valence-electron chi connectivity index (χ1n) is 7.52.